The van der Waals surface area contributed by atoms with Crippen molar-refractivity contribution in [1.82, 2.24) is 0 Å². The summed E-state index contributed by atoms with van der Waals surface area (Å²) in [6.07, 6.45) is 0. The van der Waals surface area contributed by atoms with Crippen molar-refractivity contribution in [3.63, 3.8) is 0 Å². The van der Waals surface area contributed by atoms with Crippen LogP contribution in [0.25, 0.3) is 0 Å². The SMILES string of the molecule is COc1cc(CO)c([N+](=O)[O-])c(OC)c1OC. The smallest absolute Gasteiger partial charge is 0.320 e. The maximum Gasteiger partial charge on any atom is 0.320 e. The first-order valence-corrected chi connectivity index (χ1v) is 4.67. The summed E-state index contributed by atoms with van der Waals surface area (Å²) < 4.78 is 15.0. The molecule has 17 heavy (non-hydrogen) atoms. The van der Waals surface area contributed by atoms with Crippen LogP contribution in [-0.2, 0) is 6.61 Å². The number of benzene rings is 1. The van der Waals surface area contributed by atoms with Crippen LogP contribution >= 0.6 is 0 Å². The Morgan fingerprint density at radius 3 is 2.18 bits per heavy atom. The van der Waals surface area contributed by atoms with Crippen LogP contribution in [0.4, 0.5) is 5.69 Å². The van der Waals surface area contributed by atoms with Crippen molar-refractivity contribution in [3.05, 3.63) is 21.7 Å². The van der Waals surface area contributed by atoms with Gasteiger partial charge in [-0.15, -0.1) is 0 Å². The lowest BCUT2D eigenvalue weighted by Gasteiger charge is -2.13. The minimum Gasteiger partial charge on any atom is -0.493 e. The van der Waals surface area contributed by atoms with Gasteiger partial charge >= 0.3 is 5.69 Å². The van der Waals surface area contributed by atoms with E-state index < -0.39 is 11.5 Å². The van der Waals surface area contributed by atoms with E-state index in [2.05, 4.69) is 0 Å². The molecule has 0 aliphatic carbocycles. The summed E-state index contributed by atoms with van der Waals surface area (Å²) in [6.45, 7) is -0.493. The number of nitro benzene ring substituents is 1. The highest BCUT2D eigenvalue weighted by Gasteiger charge is 2.28. The second-order valence-corrected chi connectivity index (χ2v) is 3.07. The van der Waals surface area contributed by atoms with Crippen molar-refractivity contribution in [3.8, 4) is 17.2 Å². The standard InChI is InChI=1S/C10H13NO6/c1-15-7-4-6(5-12)8(11(13)14)10(17-3)9(7)16-2/h4,12H,5H2,1-3H3. The summed E-state index contributed by atoms with van der Waals surface area (Å²) in [5.74, 6) is 0.318. The van der Waals surface area contributed by atoms with E-state index in [0.717, 1.165) is 0 Å². The molecule has 1 aromatic carbocycles. The molecule has 0 atom stereocenters. The zero-order valence-electron chi connectivity index (χ0n) is 9.72. The van der Waals surface area contributed by atoms with Gasteiger partial charge in [0.25, 0.3) is 0 Å². The molecule has 7 nitrogen and oxygen atoms in total. The number of ether oxygens (including phenoxy) is 3. The van der Waals surface area contributed by atoms with E-state index in [1.807, 2.05) is 0 Å². The molecule has 0 aliphatic heterocycles. The van der Waals surface area contributed by atoms with Gasteiger partial charge in [0.2, 0.25) is 11.5 Å². The van der Waals surface area contributed by atoms with E-state index in [4.69, 9.17) is 19.3 Å². The van der Waals surface area contributed by atoms with Gasteiger partial charge in [-0.05, 0) is 6.07 Å². The minimum atomic E-state index is -0.633. The highest BCUT2D eigenvalue weighted by Crippen LogP contribution is 2.46. The Kier molecular flexibility index (Phi) is 4.11. The number of aliphatic hydroxyl groups excluding tert-OH is 1. The normalized spacial score (nSPS) is 9.88. The van der Waals surface area contributed by atoms with Gasteiger partial charge in [-0.25, -0.2) is 0 Å². The average Bonchev–Trinajstić information content (AvgIpc) is 2.35. The summed E-state index contributed by atoms with van der Waals surface area (Å²) in [4.78, 5) is 10.3. The van der Waals surface area contributed by atoms with E-state index >= 15 is 0 Å². The van der Waals surface area contributed by atoms with Crippen LogP contribution in [0.3, 0.4) is 0 Å². The zero-order chi connectivity index (χ0) is 13.0. The Balaban J connectivity index is 3.61. The lowest BCUT2D eigenvalue weighted by molar-refractivity contribution is -0.386. The summed E-state index contributed by atoms with van der Waals surface area (Å²) >= 11 is 0. The predicted octanol–water partition coefficient (Wildman–Crippen LogP) is 1.11. The topological polar surface area (TPSA) is 91.1 Å². The zero-order valence-corrected chi connectivity index (χ0v) is 9.72. The first kappa shape index (κ1) is 13.0. The number of hydrogen-bond donors (Lipinski definition) is 1. The molecule has 1 N–H and O–H groups in total. The number of methoxy groups -OCH3 is 3. The third kappa shape index (κ3) is 2.23. The van der Waals surface area contributed by atoms with Gasteiger partial charge in [0.1, 0.15) is 0 Å². The van der Waals surface area contributed by atoms with Crippen LogP contribution in [0.2, 0.25) is 0 Å². The van der Waals surface area contributed by atoms with E-state index in [0.29, 0.717) is 0 Å². The molecule has 0 bridgehead atoms. The number of nitro groups is 1. The quantitative estimate of drug-likeness (QED) is 0.615. The number of aliphatic hydroxyl groups is 1. The Bertz CT molecular complexity index is 431. The van der Waals surface area contributed by atoms with Crippen LogP contribution in [-0.4, -0.2) is 31.4 Å². The molecule has 7 heteroatoms. The Hall–Kier alpha value is -2.02. The number of nitrogens with zero attached hydrogens (tertiary/aromatic N) is 1. The monoisotopic (exact) mass is 243 g/mol. The highest BCUT2D eigenvalue weighted by molar-refractivity contribution is 5.66. The van der Waals surface area contributed by atoms with Gasteiger partial charge in [-0.2, -0.15) is 0 Å². The molecule has 0 radical (unpaired) electrons. The van der Waals surface area contributed by atoms with E-state index in [1.54, 1.807) is 0 Å². The molecular weight excluding hydrogens is 230 g/mol. The average molecular weight is 243 g/mol. The van der Waals surface area contributed by atoms with Crippen LogP contribution in [0.1, 0.15) is 5.56 Å². The molecular formula is C10H13NO6. The van der Waals surface area contributed by atoms with Gasteiger partial charge in [0.15, 0.2) is 5.75 Å². The van der Waals surface area contributed by atoms with E-state index in [1.165, 1.54) is 27.4 Å². The highest BCUT2D eigenvalue weighted by atomic mass is 16.6. The molecule has 0 aromatic heterocycles. The fourth-order valence-corrected chi connectivity index (χ4v) is 1.51. The fraction of sp³-hybridized carbons (Fsp3) is 0.400. The van der Waals surface area contributed by atoms with Gasteiger partial charge < -0.3 is 19.3 Å². The third-order valence-corrected chi connectivity index (χ3v) is 2.24. The fourth-order valence-electron chi connectivity index (χ4n) is 1.51. The molecule has 0 saturated heterocycles. The lowest BCUT2D eigenvalue weighted by atomic mass is 10.1. The van der Waals surface area contributed by atoms with E-state index in [9.17, 15) is 10.1 Å². The molecule has 0 amide bonds. The van der Waals surface area contributed by atoms with Crippen molar-refractivity contribution in [1.29, 1.82) is 0 Å². The van der Waals surface area contributed by atoms with Crippen molar-refractivity contribution in [2.24, 2.45) is 0 Å². The van der Waals surface area contributed by atoms with Crippen molar-refractivity contribution in [2.45, 2.75) is 6.61 Å². The van der Waals surface area contributed by atoms with Crippen molar-refractivity contribution < 1.29 is 24.2 Å². The first-order chi connectivity index (χ1) is 8.10. The second-order valence-electron chi connectivity index (χ2n) is 3.07. The van der Waals surface area contributed by atoms with Crippen molar-refractivity contribution >= 4 is 5.69 Å². The molecule has 0 saturated carbocycles. The Morgan fingerprint density at radius 2 is 1.82 bits per heavy atom. The van der Waals surface area contributed by atoms with E-state index in [-0.39, 0.29) is 28.5 Å². The summed E-state index contributed by atoms with van der Waals surface area (Å²) in [6, 6.07) is 1.35. The Labute approximate surface area is 97.7 Å². The molecule has 94 valence electrons. The summed E-state index contributed by atoms with van der Waals surface area (Å²) in [5.41, 5.74) is -0.225. The minimum absolute atomic E-state index is 0.0686. The van der Waals surface area contributed by atoms with Crippen LogP contribution in [0.15, 0.2) is 6.07 Å². The number of hydrogen-bond acceptors (Lipinski definition) is 6. The maximum absolute atomic E-state index is 10.9. The van der Waals surface area contributed by atoms with Gasteiger partial charge in [-0.3, -0.25) is 10.1 Å². The molecule has 0 heterocycles. The largest absolute Gasteiger partial charge is 0.493 e. The third-order valence-electron chi connectivity index (χ3n) is 2.24. The molecule has 1 aromatic rings. The van der Waals surface area contributed by atoms with Gasteiger partial charge in [0.05, 0.1) is 38.4 Å². The lowest BCUT2D eigenvalue weighted by Crippen LogP contribution is -2.03. The van der Waals surface area contributed by atoms with Crippen LogP contribution in [0, 0.1) is 10.1 Å². The molecule has 1 rings (SSSR count). The first-order valence-electron chi connectivity index (χ1n) is 4.67. The summed E-state index contributed by atoms with van der Waals surface area (Å²) in [5, 5.41) is 20.1. The second kappa shape index (κ2) is 5.35. The molecule has 0 unspecified atom stereocenters. The maximum atomic E-state index is 10.9. The van der Waals surface area contributed by atoms with Crippen LogP contribution < -0.4 is 14.2 Å². The Morgan fingerprint density at radius 1 is 1.24 bits per heavy atom. The summed E-state index contributed by atoms with van der Waals surface area (Å²) in [7, 11) is 4.03. The van der Waals surface area contributed by atoms with Crippen molar-refractivity contribution in [2.75, 3.05) is 21.3 Å². The molecule has 0 aliphatic rings. The molecule has 0 fully saturated rings. The molecule has 0 spiro atoms. The van der Waals surface area contributed by atoms with Gasteiger partial charge in [-0.1, -0.05) is 0 Å². The van der Waals surface area contributed by atoms with Crippen LogP contribution in [0.5, 0.6) is 17.2 Å². The van der Waals surface area contributed by atoms with Gasteiger partial charge in [0, 0.05) is 0 Å². The predicted molar refractivity (Wildman–Crippen MR) is 58.7 cm³/mol. The number of rotatable bonds is 5.